The largest absolute Gasteiger partial charge is 0.366 e. The van der Waals surface area contributed by atoms with Crippen LogP contribution in [-0.4, -0.2) is 15.5 Å². The van der Waals surface area contributed by atoms with Gasteiger partial charge < -0.3 is 10.3 Å². The third-order valence-corrected chi connectivity index (χ3v) is 2.40. The lowest BCUT2D eigenvalue weighted by molar-refractivity contribution is -0.113. The first kappa shape index (κ1) is 10.4. The smallest absolute Gasteiger partial charge is 0.241 e. The summed E-state index contributed by atoms with van der Waals surface area (Å²) in [6.07, 6.45) is 2.97. The molecule has 0 spiro atoms. The number of nitrogens with zero attached hydrogens (tertiary/aromatic N) is 2. The number of imidazole rings is 1. The number of para-hydroxylation sites is 2. The van der Waals surface area contributed by atoms with Crippen molar-refractivity contribution in [1.82, 2.24) is 9.55 Å². The zero-order valence-electron chi connectivity index (χ0n) is 9.05. The maximum absolute atomic E-state index is 10.7. The van der Waals surface area contributed by atoms with Gasteiger partial charge in [0.1, 0.15) is 5.82 Å². The highest BCUT2D eigenvalue weighted by atomic mass is 16.1. The van der Waals surface area contributed by atoms with Crippen LogP contribution in [-0.2, 0) is 11.3 Å². The molecule has 1 amide bonds. The fourth-order valence-corrected chi connectivity index (χ4v) is 1.71. The van der Waals surface area contributed by atoms with Crippen molar-refractivity contribution < 1.29 is 4.79 Å². The molecule has 0 unspecified atom stereocenters. The van der Waals surface area contributed by atoms with Gasteiger partial charge in [0.15, 0.2) is 0 Å². The number of fused-ring (bicyclic) bond motifs is 1. The number of hydrogen-bond acceptors (Lipinski definition) is 2. The van der Waals surface area contributed by atoms with E-state index in [1.807, 2.05) is 35.8 Å². The van der Waals surface area contributed by atoms with Crippen molar-refractivity contribution in [3.8, 4) is 0 Å². The van der Waals surface area contributed by atoms with Crippen LogP contribution in [0.4, 0.5) is 0 Å². The number of primary amides is 1. The third-order valence-electron chi connectivity index (χ3n) is 2.40. The number of amides is 1. The van der Waals surface area contributed by atoms with E-state index in [0.717, 1.165) is 23.4 Å². The summed E-state index contributed by atoms with van der Waals surface area (Å²) in [6.45, 7) is 2.84. The molecule has 2 rings (SSSR count). The van der Waals surface area contributed by atoms with E-state index < -0.39 is 5.91 Å². The third kappa shape index (κ3) is 1.82. The molecule has 0 radical (unpaired) electrons. The van der Waals surface area contributed by atoms with Crippen molar-refractivity contribution in [2.24, 2.45) is 5.73 Å². The molecular formula is C12H13N3O. The Labute approximate surface area is 93.4 Å². The van der Waals surface area contributed by atoms with Crippen LogP contribution in [0.2, 0.25) is 0 Å². The predicted molar refractivity (Wildman–Crippen MR) is 63.6 cm³/mol. The molecule has 0 aliphatic heterocycles. The van der Waals surface area contributed by atoms with Crippen LogP contribution < -0.4 is 5.73 Å². The summed E-state index contributed by atoms with van der Waals surface area (Å²) in [5.41, 5.74) is 7.05. The molecule has 0 saturated heterocycles. The number of rotatable bonds is 3. The highest BCUT2D eigenvalue weighted by Gasteiger charge is 2.05. The quantitative estimate of drug-likeness (QED) is 0.790. The molecule has 0 saturated carbocycles. The first-order valence-electron chi connectivity index (χ1n) is 5.15. The lowest BCUT2D eigenvalue weighted by Gasteiger charge is -2.01. The number of carbonyl (C=O) groups is 1. The van der Waals surface area contributed by atoms with Gasteiger partial charge >= 0.3 is 0 Å². The molecule has 16 heavy (non-hydrogen) atoms. The minimum absolute atomic E-state index is 0.463. The zero-order valence-corrected chi connectivity index (χ0v) is 9.05. The molecule has 0 fully saturated rings. The Morgan fingerprint density at radius 2 is 2.25 bits per heavy atom. The summed E-state index contributed by atoms with van der Waals surface area (Å²) in [5, 5.41) is 0. The average Bonchev–Trinajstić information content (AvgIpc) is 2.63. The Hall–Kier alpha value is -2.10. The minimum Gasteiger partial charge on any atom is -0.366 e. The lowest BCUT2D eigenvalue weighted by atomic mass is 10.3. The van der Waals surface area contributed by atoms with Gasteiger partial charge in [0.05, 0.1) is 11.0 Å². The molecule has 4 heteroatoms. The number of aryl methyl sites for hydroxylation is 1. The van der Waals surface area contributed by atoms with Crippen LogP contribution in [0.15, 0.2) is 30.3 Å². The molecule has 2 N–H and O–H groups in total. The van der Waals surface area contributed by atoms with Gasteiger partial charge in [-0.25, -0.2) is 4.98 Å². The van der Waals surface area contributed by atoms with Crippen molar-refractivity contribution in [1.29, 1.82) is 0 Å². The van der Waals surface area contributed by atoms with Crippen molar-refractivity contribution in [3.63, 3.8) is 0 Å². The van der Waals surface area contributed by atoms with Crippen molar-refractivity contribution in [2.45, 2.75) is 13.5 Å². The maximum Gasteiger partial charge on any atom is 0.241 e. The first-order valence-corrected chi connectivity index (χ1v) is 5.15. The second kappa shape index (κ2) is 4.18. The van der Waals surface area contributed by atoms with Crippen LogP contribution in [0.1, 0.15) is 12.7 Å². The van der Waals surface area contributed by atoms with E-state index in [1.165, 1.54) is 6.08 Å². The number of nitrogens with two attached hydrogens (primary N) is 1. The molecule has 1 aromatic heterocycles. The Kier molecular flexibility index (Phi) is 2.72. The predicted octanol–water partition coefficient (Wildman–Crippen LogP) is 1.55. The second-order valence-corrected chi connectivity index (χ2v) is 3.44. The van der Waals surface area contributed by atoms with Gasteiger partial charge in [0.25, 0.3) is 0 Å². The van der Waals surface area contributed by atoms with Gasteiger partial charge in [-0.1, -0.05) is 12.1 Å². The fourth-order valence-electron chi connectivity index (χ4n) is 1.71. The van der Waals surface area contributed by atoms with Gasteiger partial charge in [-0.3, -0.25) is 4.79 Å². The number of hydrogen-bond donors (Lipinski definition) is 1. The topological polar surface area (TPSA) is 60.9 Å². The summed E-state index contributed by atoms with van der Waals surface area (Å²) < 4.78 is 2.04. The zero-order chi connectivity index (χ0) is 11.5. The van der Waals surface area contributed by atoms with E-state index >= 15 is 0 Å². The Bertz CT molecular complexity index is 554. The van der Waals surface area contributed by atoms with Gasteiger partial charge in [-0.05, 0) is 25.1 Å². The molecular weight excluding hydrogens is 202 g/mol. The van der Waals surface area contributed by atoms with Gasteiger partial charge in [-0.15, -0.1) is 0 Å². The van der Waals surface area contributed by atoms with Crippen LogP contribution >= 0.6 is 0 Å². The summed E-state index contributed by atoms with van der Waals surface area (Å²) >= 11 is 0. The van der Waals surface area contributed by atoms with E-state index in [-0.39, 0.29) is 0 Å². The Morgan fingerprint density at radius 3 is 2.94 bits per heavy atom. The summed E-state index contributed by atoms with van der Waals surface area (Å²) in [4.78, 5) is 15.1. The van der Waals surface area contributed by atoms with Crippen molar-refractivity contribution in [2.75, 3.05) is 0 Å². The van der Waals surface area contributed by atoms with Gasteiger partial charge in [0.2, 0.25) is 5.91 Å². The number of carbonyl (C=O) groups excluding carboxylic acids is 1. The fraction of sp³-hybridized carbons (Fsp3) is 0.167. The molecule has 0 atom stereocenters. The normalized spacial score (nSPS) is 11.3. The molecule has 0 bridgehead atoms. The molecule has 4 nitrogen and oxygen atoms in total. The number of aromatic nitrogens is 2. The molecule has 82 valence electrons. The SMILES string of the molecule is CCn1c(/C=C/C(N)=O)nc2ccccc21. The average molecular weight is 215 g/mol. The van der Waals surface area contributed by atoms with E-state index in [2.05, 4.69) is 4.98 Å². The van der Waals surface area contributed by atoms with E-state index in [9.17, 15) is 4.79 Å². The van der Waals surface area contributed by atoms with Crippen molar-refractivity contribution >= 4 is 23.0 Å². The lowest BCUT2D eigenvalue weighted by Crippen LogP contribution is -2.06. The van der Waals surface area contributed by atoms with Gasteiger partial charge in [0, 0.05) is 12.6 Å². The molecule has 1 aromatic carbocycles. The van der Waals surface area contributed by atoms with Crippen molar-refractivity contribution in [3.05, 3.63) is 36.2 Å². The number of benzene rings is 1. The molecule has 0 aliphatic rings. The van der Waals surface area contributed by atoms with E-state index in [1.54, 1.807) is 6.08 Å². The Morgan fingerprint density at radius 1 is 1.50 bits per heavy atom. The van der Waals surface area contributed by atoms with Gasteiger partial charge in [-0.2, -0.15) is 0 Å². The maximum atomic E-state index is 10.7. The van der Waals surface area contributed by atoms with E-state index in [0.29, 0.717) is 0 Å². The van der Waals surface area contributed by atoms with Crippen LogP contribution in [0.25, 0.3) is 17.1 Å². The summed E-state index contributed by atoms with van der Waals surface area (Å²) in [6, 6.07) is 7.87. The highest BCUT2D eigenvalue weighted by Crippen LogP contribution is 2.16. The summed E-state index contributed by atoms with van der Waals surface area (Å²) in [5.74, 6) is 0.289. The van der Waals surface area contributed by atoms with E-state index in [4.69, 9.17) is 5.73 Å². The molecule has 1 heterocycles. The highest BCUT2D eigenvalue weighted by molar-refractivity contribution is 5.90. The first-order chi connectivity index (χ1) is 7.72. The minimum atomic E-state index is -0.463. The van der Waals surface area contributed by atoms with Crippen LogP contribution in [0.5, 0.6) is 0 Å². The van der Waals surface area contributed by atoms with Crippen LogP contribution in [0, 0.1) is 0 Å². The van der Waals surface area contributed by atoms with Crippen LogP contribution in [0.3, 0.4) is 0 Å². The Balaban J connectivity index is 2.56. The molecule has 2 aromatic rings. The molecule has 0 aliphatic carbocycles. The monoisotopic (exact) mass is 215 g/mol. The summed E-state index contributed by atoms with van der Waals surface area (Å²) in [7, 11) is 0. The second-order valence-electron chi connectivity index (χ2n) is 3.44. The standard InChI is InChI=1S/C12H13N3O/c1-2-15-10-6-4-3-5-9(10)14-12(15)8-7-11(13)16/h3-8H,2H2,1H3,(H2,13,16)/b8-7+.